The molecule has 0 aromatic rings. The third-order valence-corrected chi connectivity index (χ3v) is 24.3. The smallest absolute Gasteiger partial charge is 0.343 e. The van der Waals surface area contributed by atoms with Crippen LogP contribution in [0.15, 0.2) is 0 Å². The van der Waals surface area contributed by atoms with Gasteiger partial charge in [0.05, 0.1) is 11.5 Å². The van der Waals surface area contributed by atoms with Crippen molar-refractivity contribution in [2.45, 2.75) is 160 Å². The van der Waals surface area contributed by atoms with E-state index < -0.39 is 35.7 Å². The average molecular weight is 1240 g/mol. The second-order valence-corrected chi connectivity index (χ2v) is 31.8. The molecule has 12 aliphatic carbocycles. The van der Waals surface area contributed by atoms with E-state index in [0.717, 1.165) is 107 Å². The summed E-state index contributed by atoms with van der Waals surface area (Å²) in [6.45, 7) is 3.30. The highest BCUT2D eigenvalue weighted by Gasteiger charge is 2.52. The zero-order chi connectivity index (χ0) is 57.0. The molecule has 0 radical (unpaired) electrons. The van der Waals surface area contributed by atoms with E-state index >= 15 is 0 Å². The predicted octanol–water partition coefficient (Wildman–Crippen LogP) is 8.99. The Morgan fingerprint density at radius 1 is 0.506 bits per heavy atom. The number of carbonyl (C=O) groups is 8. The molecule has 79 heavy (non-hydrogen) atoms. The van der Waals surface area contributed by atoms with Gasteiger partial charge in [0.1, 0.15) is 23.0 Å². The maximum Gasteiger partial charge on any atom is 0.343 e. The summed E-state index contributed by atoms with van der Waals surface area (Å²) in [6.07, 6.45) is 31.1. The van der Waals surface area contributed by atoms with E-state index in [1.807, 2.05) is 0 Å². The molecule has 0 atom stereocenters. The molecule has 4 amide bonds. The summed E-state index contributed by atoms with van der Waals surface area (Å²) in [5.41, 5.74) is 7.28. The molecule has 1 saturated heterocycles. The number of imide groups is 1. The second kappa shape index (κ2) is 32.9. The Bertz CT molecular complexity index is 1940. The topological polar surface area (TPSA) is 296 Å². The SMILES string of the molecule is N=S.NCCNC12CC3CC(CC(C3)C1)C2.O=C(CSSCC(=O)ON1C(=O)CCC1=O)NCCCC12CC3CC(CC(C3)C1)C2.O=C(O)CSSCC(=O)NCCCC12CC3CC(CC(C3)C1)C2.O=C(O)CSSCC(=O)O. The van der Waals surface area contributed by atoms with Crippen LogP contribution in [0.3, 0.4) is 0 Å². The monoisotopic (exact) mass is 1230 g/mol. The van der Waals surface area contributed by atoms with Crippen LogP contribution in [0.5, 0.6) is 0 Å². The van der Waals surface area contributed by atoms with Gasteiger partial charge in [-0.15, -0.1) is 5.06 Å². The Morgan fingerprint density at radius 3 is 1.13 bits per heavy atom. The quantitative estimate of drug-likeness (QED) is 0.0216. The Kier molecular flexibility index (Phi) is 27.5. The Balaban J connectivity index is 0.000000181. The molecule has 1 aliphatic heterocycles. The van der Waals surface area contributed by atoms with Gasteiger partial charge in [0.25, 0.3) is 11.8 Å². The number of nitrogens with two attached hydrogens (primary N) is 1. The molecule has 0 aromatic carbocycles. The third kappa shape index (κ3) is 21.9. The predicted molar refractivity (Wildman–Crippen MR) is 319 cm³/mol. The summed E-state index contributed by atoms with van der Waals surface area (Å²) in [7, 11) is 7.05. The summed E-state index contributed by atoms with van der Waals surface area (Å²) in [6, 6.07) is 0. The fourth-order valence-electron chi connectivity index (χ4n) is 16.7. The lowest BCUT2D eigenvalue weighted by molar-refractivity contribution is -0.195. The highest BCUT2D eigenvalue weighted by atomic mass is 33.1. The first-order chi connectivity index (χ1) is 37.9. The van der Waals surface area contributed by atoms with Crippen LogP contribution in [-0.4, -0.2) is 134 Å². The van der Waals surface area contributed by atoms with Crippen LogP contribution in [0.1, 0.15) is 154 Å². The molecule has 13 fully saturated rings. The van der Waals surface area contributed by atoms with E-state index in [2.05, 4.69) is 28.4 Å². The Hall–Kier alpha value is -2.00. The number of carboxylic acid groups (broad SMARTS) is 3. The summed E-state index contributed by atoms with van der Waals surface area (Å²) >= 11 is 3.33. The van der Waals surface area contributed by atoms with Gasteiger partial charge >= 0.3 is 23.9 Å². The van der Waals surface area contributed by atoms with E-state index in [0.29, 0.717) is 33.7 Å². The molecule has 0 aromatic heterocycles. The van der Waals surface area contributed by atoms with E-state index in [1.165, 1.54) is 172 Å². The van der Waals surface area contributed by atoms with E-state index in [4.69, 9.17) is 30.7 Å². The maximum atomic E-state index is 12.0. The van der Waals surface area contributed by atoms with Crippen molar-refractivity contribution in [1.82, 2.24) is 21.0 Å². The van der Waals surface area contributed by atoms with Crippen molar-refractivity contribution in [2.24, 2.45) is 69.8 Å². The minimum absolute atomic E-state index is 0.0263. The summed E-state index contributed by atoms with van der Waals surface area (Å²) in [4.78, 5) is 93.1. The van der Waals surface area contributed by atoms with Crippen LogP contribution in [0.4, 0.5) is 0 Å². The third-order valence-electron chi connectivity index (χ3n) is 18.0. The zero-order valence-electron chi connectivity index (χ0n) is 45.6. The number of hydroxylamine groups is 2. The summed E-state index contributed by atoms with van der Waals surface area (Å²) in [5, 5.41) is 35.0. The van der Waals surface area contributed by atoms with Crippen molar-refractivity contribution in [3.8, 4) is 0 Å². The zero-order valence-corrected chi connectivity index (χ0v) is 51.4. The van der Waals surface area contributed by atoms with Gasteiger partial charge < -0.3 is 41.8 Å². The summed E-state index contributed by atoms with van der Waals surface area (Å²) in [5.74, 6) is 5.21. The molecule has 0 spiro atoms. The van der Waals surface area contributed by atoms with Gasteiger partial charge in [-0.25, -0.2) is 9.57 Å². The molecule has 18 nitrogen and oxygen atoms in total. The largest absolute Gasteiger partial charge is 0.481 e. The van der Waals surface area contributed by atoms with Crippen molar-refractivity contribution in [3.63, 3.8) is 0 Å². The minimum Gasteiger partial charge on any atom is -0.481 e. The number of hydrogen-bond donors (Lipinski definition) is 8. The Labute approximate surface area is 495 Å². The van der Waals surface area contributed by atoms with E-state index in [1.54, 1.807) is 0 Å². The number of nitrogens with one attached hydrogen (secondary N) is 4. The van der Waals surface area contributed by atoms with Crippen molar-refractivity contribution in [3.05, 3.63) is 0 Å². The lowest BCUT2D eigenvalue weighted by Crippen LogP contribution is -2.59. The second-order valence-electron chi connectivity index (χ2n) is 24.5. The first kappa shape index (κ1) is 66.1. The average Bonchev–Trinajstić information content (AvgIpc) is 3.70. The number of nitrogens with zero attached hydrogens (tertiary/aromatic N) is 1. The number of hydrogen-bond acceptors (Lipinski definition) is 19. The lowest BCUT2D eigenvalue weighted by Gasteiger charge is -2.57. The molecule has 446 valence electrons. The van der Waals surface area contributed by atoms with E-state index in [9.17, 15) is 38.4 Å². The molecule has 13 rings (SSSR count). The Morgan fingerprint density at radius 2 is 0.810 bits per heavy atom. The van der Waals surface area contributed by atoms with Gasteiger partial charge in [-0.05, 0) is 205 Å². The van der Waals surface area contributed by atoms with Crippen LogP contribution in [-0.2, 0) is 55.6 Å². The highest BCUT2D eigenvalue weighted by molar-refractivity contribution is 8.77. The first-order valence-corrected chi connectivity index (χ1v) is 36.4. The molecule has 12 bridgehead atoms. The van der Waals surface area contributed by atoms with Crippen LogP contribution >= 0.6 is 64.8 Å². The normalized spacial score (nSPS) is 32.3. The van der Waals surface area contributed by atoms with Crippen molar-refractivity contribution in [2.75, 3.05) is 60.7 Å². The fourth-order valence-corrected chi connectivity index (χ4v) is 21.4. The van der Waals surface area contributed by atoms with Gasteiger partial charge in [0, 0.05) is 57.0 Å². The molecular formula is C54H86N6O12S7. The summed E-state index contributed by atoms with van der Waals surface area (Å²) < 4.78 is 5.33. The van der Waals surface area contributed by atoms with Gasteiger partial charge in [-0.2, -0.15) is 0 Å². The number of carboxylic acids is 3. The first-order valence-electron chi connectivity index (χ1n) is 28.5. The molecule has 13 aliphatic rings. The van der Waals surface area contributed by atoms with Crippen LogP contribution < -0.4 is 21.7 Å². The van der Waals surface area contributed by atoms with Gasteiger partial charge in [0.2, 0.25) is 11.8 Å². The van der Waals surface area contributed by atoms with E-state index in [-0.39, 0.29) is 53.4 Å². The minimum atomic E-state index is -0.928. The van der Waals surface area contributed by atoms with Gasteiger partial charge in [0.15, 0.2) is 0 Å². The molecule has 25 heteroatoms. The molecular weight excluding hydrogens is 1150 g/mol. The molecule has 9 N–H and O–H groups in total. The molecule has 12 saturated carbocycles. The molecule has 1 heterocycles. The number of carbonyl (C=O) groups excluding carboxylic acids is 5. The molecule has 0 unspecified atom stereocenters. The number of amides is 4. The fraction of sp³-hybridized carbons (Fsp3) is 0.852. The van der Waals surface area contributed by atoms with Crippen LogP contribution in [0, 0.1) is 68.9 Å². The van der Waals surface area contributed by atoms with Crippen LogP contribution in [0.2, 0.25) is 0 Å². The lowest BCUT2D eigenvalue weighted by atomic mass is 9.48. The van der Waals surface area contributed by atoms with Crippen molar-refractivity contribution >= 4 is 125 Å². The van der Waals surface area contributed by atoms with Crippen molar-refractivity contribution in [1.29, 1.82) is 4.78 Å². The number of rotatable bonds is 27. The standard InChI is InChI=1S/C21H30N2O5S2.C17H27NO3S2.C12H22N2.C4H6O4S2.HNS/c24-17(12-29-30-13-20(27)28-23-18(25)2-3-19(23)26)22-5-1-4-21-9-14-6-15(10-21)8-16(7-14)11-21;19-15(10-22-23-11-16(20)21)18-3-1-2-17-7-12-4-13(8-17)6-14(5-12)9-17;13-1-2-14-12-6-9-3-10(7-12)5-11(4-9)8-12;5-3(6)1-9-10-2-4(7)8;1-2/h14-16H,1-13H2,(H,22,24);12-14H,1-11H2,(H,18,19)(H,20,21);9-11,14H,1-8,13H2;1-2H2,(H,5,6)(H,7,8);1H. The number of aliphatic carboxylic acids is 3. The van der Waals surface area contributed by atoms with Gasteiger partial charge in [-0.3, -0.25) is 33.6 Å². The van der Waals surface area contributed by atoms with Gasteiger partial charge in [-0.1, -0.05) is 64.8 Å². The van der Waals surface area contributed by atoms with Crippen LogP contribution in [0.25, 0.3) is 0 Å². The highest BCUT2D eigenvalue weighted by Crippen LogP contribution is 2.63. The van der Waals surface area contributed by atoms with Crippen molar-refractivity contribution < 1.29 is 58.5 Å². The maximum absolute atomic E-state index is 12.0.